The second kappa shape index (κ2) is 9.34. The molecule has 1 rings (SSSR count). The predicted octanol–water partition coefficient (Wildman–Crippen LogP) is 1.34. The zero-order valence-corrected chi connectivity index (χ0v) is 14.9. The summed E-state index contributed by atoms with van der Waals surface area (Å²) in [6.07, 6.45) is 4.66. The van der Waals surface area contributed by atoms with Crippen LogP contribution in [0.1, 0.15) is 52.9 Å². The van der Waals surface area contributed by atoms with Crippen molar-refractivity contribution in [2.45, 2.75) is 64.5 Å². The number of alkyl carbamates (subject to hydrolysis) is 1. The van der Waals surface area contributed by atoms with Crippen LogP contribution in [-0.2, 0) is 9.53 Å². The fourth-order valence-electron chi connectivity index (χ4n) is 2.71. The lowest BCUT2D eigenvalue weighted by Crippen LogP contribution is -2.48. The van der Waals surface area contributed by atoms with Crippen LogP contribution in [-0.4, -0.2) is 54.2 Å². The van der Waals surface area contributed by atoms with Gasteiger partial charge in [0.25, 0.3) is 0 Å². The van der Waals surface area contributed by atoms with Crippen LogP contribution in [0.4, 0.5) is 9.59 Å². The third kappa shape index (κ3) is 8.03. The van der Waals surface area contributed by atoms with Crippen molar-refractivity contribution in [3.63, 3.8) is 0 Å². The van der Waals surface area contributed by atoms with Gasteiger partial charge in [-0.05, 0) is 33.6 Å². The molecule has 0 aromatic rings. The largest absolute Gasteiger partial charge is 0.444 e. The molecule has 1 aliphatic rings. The van der Waals surface area contributed by atoms with E-state index in [0.717, 1.165) is 25.7 Å². The Morgan fingerprint density at radius 1 is 1.12 bits per heavy atom. The van der Waals surface area contributed by atoms with Crippen LogP contribution in [0, 0.1) is 0 Å². The predicted molar refractivity (Wildman–Crippen MR) is 90.4 cm³/mol. The summed E-state index contributed by atoms with van der Waals surface area (Å²) in [4.78, 5) is 36.4. The van der Waals surface area contributed by atoms with Crippen LogP contribution in [0.5, 0.6) is 0 Å². The van der Waals surface area contributed by atoms with E-state index in [2.05, 4.69) is 10.6 Å². The molecule has 8 nitrogen and oxygen atoms in total. The van der Waals surface area contributed by atoms with E-state index >= 15 is 0 Å². The Morgan fingerprint density at radius 2 is 1.75 bits per heavy atom. The molecule has 0 heterocycles. The van der Waals surface area contributed by atoms with Crippen LogP contribution >= 0.6 is 0 Å². The SMILES string of the molecule is CC(C)(C)OC(=O)NCC(=O)NCCN(C(N)=O)C1CCCCC1. The Hall–Kier alpha value is -1.99. The van der Waals surface area contributed by atoms with Crippen molar-refractivity contribution in [2.75, 3.05) is 19.6 Å². The standard InChI is InChI=1S/C16H30N4O4/c1-16(2,3)24-15(23)19-11-13(21)18-9-10-20(14(17)22)12-7-5-4-6-8-12/h12H,4-11H2,1-3H3,(H2,17,22)(H,18,21)(H,19,23). The molecule has 0 bridgehead atoms. The van der Waals surface area contributed by atoms with Crippen molar-refractivity contribution in [1.82, 2.24) is 15.5 Å². The number of primary amides is 1. The molecular formula is C16H30N4O4. The smallest absolute Gasteiger partial charge is 0.408 e. The van der Waals surface area contributed by atoms with E-state index in [4.69, 9.17) is 10.5 Å². The van der Waals surface area contributed by atoms with E-state index in [1.54, 1.807) is 25.7 Å². The van der Waals surface area contributed by atoms with Gasteiger partial charge in [0.15, 0.2) is 0 Å². The quantitative estimate of drug-likeness (QED) is 0.676. The molecule has 1 saturated carbocycles. The number of nitrogens with two attached hydrogens (primary N) is 1. The lowest BCUT2D eigenvalue weighted by Gasteiger charge is -2.33. The Balaban J connectivity index is 2.27. The number of hydrogen-bond acceptors (Lipinski definition) is 4. The minimum Gasteiger partial charge on any atom is -0.444 e. The number of rotatable bonds is 6. The van der Waals surface area contributed by atoms with Crippen LogP contribution < -0.4 is 16.4 Å². The Bertz CT molecular complexity index is 442. The van der Waals surface area contributed by atoms with Gasteiger partial charge >= 0.3 is 12.1 Å². The lowest BCUT2D eigenvalue weighted by molar-refractivity contribution is -0.120. The first kappa shape index (κ1) is 20.1. The molecule has 0 aromatic carbocycles. The van der Waals surface area contributed by atoms with Crippen molar-refractivity contribution < 1.29 is 19.1 Å². The highest BCUT2D eigenvalue weighted by atomic mass is 16.6. The number of ether oxygens (including phenoxy) is 1. The topological polar surface area (TPSA) is 114 Å². The molecule has 0 aromatic heterocycles. The highest BCUT2D eigenvalue weighted by Crippen LogP contribution is 2.22. The summed E-state index contributed by atoms with van der Waals surface area (Å²) in [6, 6.07) is -0.295. The van der Waals surface area contributed by atoms with Gasteiger partial charge in [-0.25, -0.2) is 9.59 Å². The van der Waals surface area contributed by atoms with Crippen molar-refractivity contribution in [3.8, 4) is 0 Å². The molecule has 0 aliphatic heterocycles. The van der Waals surface area contributed by atoms with Gasteiger partial charge in [-0.1, -0.05) is 19.3 Å². The van der Waals surface area contributed by atoms with Gasteiger partial charge in [0.2, 0.25) is 5.91 Å². The highest BCUT2D eigenvalue weighted by molar-refractivity contribution is 5.82. The molecule has 0 unspecified atom stereocenters. The average Bonchev–Trinajstić information content (AvgIpc) is 2.48. The first-order valence-electron chi connectivity index (χ1n) is 8.48. The Morgan fingerprint density at radius 3 is 2.29 bits per heavy atom. The van der Waals surface area contributed by atoms with Gasteiger partial charge in [0.05, 0.1) is 6.54 Å². The molecule has 138 valence electrons. The second-order valence-corrected chi connectivity index (χ2v) is 7.03. The fourth-order valence-corrected chi connectivity index (χ4v) is 2.71. The van der Waals surface area contributed by atoms with E-state index in [-0.39, 0.29) is 18.5 Å². The number of carbonyl (C=O) groups excluding carboxylic acids is 3. The van der Waals surface area contributed by atoms with E-state index in [1.165, 1.54) is 6.42 Å². The summed E-state index contributed by atoms with van der Waals surface area (Å²) in [5.74, 6) is -0.339. The maximum absolute atomic E-state index is 11.7. The molecule has 0 radical (unpaired) electrons. The molecule has 4 N–H and O–H groups in total. The summed E-state index contributed by atoms with van der Waals surface area (Å²) >= 11 is 0. The molecular weight excluding hydrogens is 312 g/mol. The Labute approximate surface area is 143 Å². The van der Waals surface area contributed by atoms with Crippen molar-refractivity contribution in [3.05, 3.63) is 0 Å². The van der Waals surface area contributed by atoms with E-state index in [1.807, 2.05) is 0 Å². The van der Waals surface area contributed by atoms with Gasteiger partial charge in [0, 0.05) is 19.1 Å². The van der Waals surface area contributed by atoms with E-state index < -0.39 is 17.7 Å². The molecule has 0 saturated heterocycles. The normalized spacial score (nSPS) is 15.5. The lowest BCUT2D eigenvalue weighted by atomic mass is 9.94. The molecule has 4 amide bonds. The van der Waals surface area contributed by atoms with Crippen molar-refractivity contribution >= 4 is 18.0 Å². The molecule has 0 atom stereocenters. The molecule has 24 heavy (non-hydrogen) atoms. The zero-order valence-electron chi connectivity index (χ0n) is 14.9. The van der Waals surface area contributed by atoms with Gasteiger partial charge < -0.3 is 26.0 Å². The van der Waals surface area contributed by atoms with Gasteiger partial charge in [-0.3, -0.25) is 4.79 Å². The minimum atomic E-state index is -0.640. The number of hydrogen-bond donors (Lipinski definition) is 3. The maximum Gasteiger partial charge on any atom is 0.408 e. The summed E-state index contributed by atoms with van der Waals surface area (Å²) in [5.41, 5.74) is 4.83. The Kier molecular flexibility index (Phi) is 7.81. The van der Waals surface area contributed by atoms with Gasteiger partial charge in [0.1, 0.15) is 5.60 Å². The van der Waals surface area contributed by atoms with Crippen LogP contribution in [0.3, 0.4) is 0 Å². The van der Waals surface area contributed by atoms with Crippen LogP contribution in [0.15, 0.2) is 0 Å². The number of carbonyl (C=O) groups is 3. The summed E-state index contributed by atoms with van der Waals surface area (Å²) in [5, 5.41) is 5.05. The summed E-state index contributed by atoms with van der Waals surface area (Å²) < 4.78 is 5.04. The highest BCUT2D eigenvalue weighted by Gasteiger charge is 2.23. The minimum absolute atomic E-state index is 0.160. The molecule has 1 fully saturated rings. The van der Waals surface area contributed by atoms with Gasteiger partial charge in [-0.15, -0.1) is 0 Å². The monoisotopic (exact) mass is 342 g/mol. The average molecular weight is 342 g/mol. The molecule has 8 heteroatoms. The summed E-state index contributed by atoms with van der Waals surface area (Å²) in [7, 11) is 0. The number of urea groups is 1. The van der Waals surface area contributed by atoms with E-state index in [0.29, 0.717) is 13.1 Å². The molecule has 0 spiro atoms. The number of nitrogens with one attached hydrogen (secondary N) is 2. The third-order valence-electron chi connectivity index (χ3n) is 3.77. The second-order valence-electron chi connectivity index (χ2n) is 7.03. The fraction of sp³-hybridized carbons (Fsp3) is 0.812. The molecule has 1 aliphatic carbocycles. The van der Waals surface area contributed by atoms with Crippen molar-refractivity contribution in [1.29, 1.82) is 0 Å². The number of nitrogens with zero attached hydrogens (tertiary/aromatic N) is 1. The van der Waals surface area contributed by atoms with E-state index in [9.17, 15) is 14.4 Å². The zero-order chi connectivity index (χ0) is 18.2. The van der Waals surface area contributed by atoms with Crippen molar-refractivity contribution in [2.24, 2.45) is 5.73 Å². The van der Waals surface area contributed by atoms with Gasteiger partial charge in [-0.2, -0.15) is 0 Å². The maximum atomic E-state index is 11.7. The first-order chi connectivity index (χ1) is 11.2. The third-order valence-corrected chi connectivity index (χ3v) is 3.77. The summed E-state index contributed by atoms with van der Waals surface area (Å²) in [6.45, 7) is 5.74. The first-order valence-corrected chi connectivity index (χ1v) is 8.48. The van der Waals surface area contributed by atoms with Crippen LogP contribution in [0.25, 0.3) is 0 Å². The van der Waals surface area contributed by atoms with Crippen LogP contribution in [0.2, 0.25) is 0 Å². The number of amides is 4.